The van der Waals surface area contributed by atoms with Crippen LogP contribution in [-0.4, -0.2) is 41.5 Å². The summed E-state index contributed by atoms with van der Waals surface area (Å²) in [7, 11) is 0. The molecule has 0 radical (unpaired) electrons. The maximum Gasteiger partial charge on any atom is 0.255 e. The highest BCUT2D eigenvalue weighted by molar-refractivity contribution is 5.97. The predicted molar refractivity (Wildman–Crippen MR) is 70.4 cm³/mol. The van der Waals surface area contributed by atoms with Crippen LogP contribution in [0.15, 0.2) is 18.2 Å². The molecule has 0 saturated heterocycles. The molecule has 1 aliphatic heterocycles. The highest BCUT2D eigenvalue weighted by Crippen LogP contribution is 2.40. The van der Waals surface area contributed by atoms with Crippen LogP contribution in [0.4, 0.5) is 0 Å². The highest BCUT2D eigenvalue weighted by atomic mass is 16.5. The minimum Gasteiger partial charge on any atom is -0.489 e. The fourth-order valence-corrected chi connectivity index (χ4v) is 2.13. The first-order chi connectivity index (χ1) is 9.04. The van der Waals surface area contributed by atoms with Crippen molar-refractivity contribution in [3.05, 3.63) is 29.3 Å². The van der Waals surface area contributed by atoms with E-state index >= 15 is 0 Å². The fraction of sp³-hybridized carbons (Fsp3) is 0.500. The van der Waals surface area contributed by atoms with Crippen molar-refractivity contribution in [1.82, 2.24) is 5.32 Å². The summed E-state index contributed by atoms with van der Waals surface area (Å²) in [5.74, 6) is 0.579. The Morgan fingerprint density at radius 1 is 1.47 bits per heavy atom. The molecule has 3 N–H and O–H groups in total. The molecule has 19 heavy (non-hydrogen) atoms. The number of benzene rings is 1. The molecule has 0 bridgehead atoms. The first-order valence-electron chi connectivity index (χ1n) is 6.41. The van der Waals surface area contributed by atoms with E-state index in [1.54, 1.807) is 6.07 Å². The van der Waals surface area contributed by atoms with Crippen LogP contribution < -0.4 is 10.1 Å². The summed E-state index contributed by atoms with van der Waals surface area (Å²) in [6.45, 7) is 3.68. The lowest BCUT2D eigenvalue weighted by atomic mass is 9.97. The Bertz CT molecular complexity index is 475. The highest BCUT2D eigenvalue weighted by Gasteiger charge is 2.30. The lowest BCUT2D eigenvalue weighted by Gasteiger charge is -2.11. The van der Waals surface area contributed by atoms with Gasteiger partial charge in [0.2, 0.25) is 0 Å². The number of aliphatic hydroxyl groups is 2. The molecule has 2 rings (SSSR count). The SMILES string of the molecule is CC1Oc2c(C(=O)NCC(O)CO)cccc2C1C. The number of nitrogens with one attached hydrogen (secondary N) is 1. The van der Waals surface area contributed by atoms with Gasteiger partial charge in [0.05, 0.1) is 18.3 Å². The van der Waals surface area contributed by atoms with Gasteiger partial charge in [0.1, 0.15) is 11.9 Å². The summed E-state index contributed by atoms with van der Waals surface area (Å²) < 4.78 is 5.73. The molecule has 1 aromatic rings. The van der Waals surface area contributed by atoms with Crippen molar-refractivity contribution in [2.24, 2.45) is 0 Å². The molecule has 5 heteroatoms. The third-order valence-electron chi connectivity index (χ3n) is 3.50. The van der Waals surface area contributed by atoms with E-state index in [2.05, 4.69) is 12.2 Å². The molecule has 1 aliphatic rings. The number of amides is 1. The van der Waals surface area contributed by atoms with E-state index in [1.807, 2.05) is 19.1 Å². The van der Waals surface area contributed by atoms with Crippen molar-refractivity contribution in [3.8, 4) is 5.75 Å². The van der Waals surface area contributed by atoms with Crippen molar-refractivity contribution >= 4 is 5.91 Å². The largest absolute Gasteiger partial charge is 0.489 e. The summed E-state index contributed by atoms with van der Waals surface area (Å²) in [6, 6.07) is 5.49. The van der Waals surface area contributed by atoms with E-state index in [9.17, 15) is 9.90 Å². The third kappa shape index (κ3) is 2.72. The molecule has 1 amide bonds. The number of hydrogen-bond acceptors (Lipinski definition) is 4. The Balaban J connectivity index is 2.16. The zero-order chi connectivity index (χ0) is 14.0. The van der Waals surface area contributed by atoms with Crippen LogP contribution in [0.1, 0.15) is 35.7 Å². The van der Waals surface area contributed by atoms with Gasteiger partial charge in [0, 0.05) is 18.0 Å². The second-order valence-electron chi connectivity index (χ2n) is 4.88. The maximum atomic E-state index is 12.1. The van der Waals surface area contributed by atoms with Crippen LogP contribution in [0.25, 0.3) is 0 Å². The molecule has 3 unspecified atom stereocenters. The number of para-hydroxylation sites is 1. The zero-order valence-corrected chi connectivity index (χ0v) is 11.1. The Hall–Kier alpha value is -1.59. The average molecular weight is 265 g/mol. The van der Waals surface area contributed by atoms with Crippen molar-refractivity contribution in [2.45, 2.75) is 32.0 Å². The third-order valence-corrected chi connectivity index (χ3v) is 3.50. The maximum absolute atomic E-state index is 12.1. The van der Waals surface area contributed by atoms with Crippen molar-refractivity contribution in [2.75, 3.05) is 13.2 Å². The summed E-state index contributed by atoms with van der Waals surface area (Å²) in [5.41, 5.74) is 1.50. The first-order valence-corrected chi connectivity index (χ1v) is 6.41. The molecule has 0 fully saturated rings. The summed E-state index contributed by atoms with van der Waals surface area (Å²) in [4.78, 5) is 12.1. The van der Waals surface area contributed by atoms with Crippen LogP contribution in [0.2, 0.25) is 0 Å². The Morgan fingerprint density at radius 2 is 2.21 bits per heavy atom. The Morgan fingerprint density at radius 3 is 2.89 bits per heavy atom. The van der Waals surface area contributed by atoms with E-state index in [4.69, 9.17) is 9.84 Å². The van der Waals surface area contributed by atoms with E-state index in [0.29, 0.717) is 11.3 Å². The topological polar surface area (TPSA) is 78.8 Å². The van der Waals surface area contributed by atoms with E-state index in [-0.39, 0.29) is 31.1 Å². The van der Waals surface area contributed by atoms with Crippen LogP contribution in [0, 0.1) is 0 Å². The fourth-order valence-electron chi connectivity index (χ4n) is 2.13. The van der Waals surface area contributed by atoms with E-state index in [0.717, 1.165) is 5.56 Å². The number of fused-ring (bicyclic) bond motifs is 1. The van der Waals surface area contributed by atoms with Crippen molar-refractivity contribution < 1.29 is 19.7 Å². The standard InChI is InChI=1S/C14H19NO4/c1-8-9(2)19-13-11(8)4-3-5-12(13)14(18)15-6-10(17)7-16/h3-5,8-10,16-17H,6-7H2,1-2H3,(H,15,18). The second-order valence-corrected chi connectivity index (χ2v) is 4.88. The summed E-state index contributed by atoms with van der Waals surface area (Å²) in [6.07, 6.45) is -0.897. The average Bonchev–Trinajstić information content (AvgIpc) is 2.71. The van der Waals surface area contributed by atoms with Gasteiger partial charge < -0.3 is 20.3 Å². The van der Waals surface area contributed by atoms with Crippen LogP contribution >= 0.6 is 0 Å². The Kier molecular flexibility index (Phi) is 4.07. The normalized spacial score (nSPS) is 22.5. The van der Waals surface area contributed by atoms with Crippen LogP contribution in [0.3, 0.4) is 0 Å². The van der Waals surface area contributed by atoms with Crippen LogP contribution in [-0.2, 0) is 0 Å². The van der Waals surface area contributed by atoms with Gasteiger partial charge in [-0.25, -0.2) is 0 Å². The molecule has 1 aromatic carbocycles. The minimum absolute atomic E-state index is 0.0180. The molecule has 0 saturated carbocycles. The lowest BCUT2D eigenvalue weighted by molar-refractivity contribution is 0.0799. The molecular formula is C14H19NO4. The minimum atomic E-state index is -0.945. The quantitative estimate of drug-likeness (QED) is 0.747. The summed E-state index contributed by atoms with van der Waals surface area (Å²) >= 11 is 0. The number of aliphatic hydroxyl groups excluding tert-OH is 2. The van der Waals surface area contributed by atoms with Gasteiger partial charge in [-0.3, -0.25) is 4.79 Å². The predicted octanol–water partition coefficient (Wildman–Crippen LogP) is 0.654. The number of carbonyl (C=O) groups is 1. The molecule has 0 aliphatic carbocycles. The van der Waals surface area contributed by atoms with Gasteiger partial charge >= 0.3 is 0 Å². The van der Waals surface area contributed by atoms with Gasteiger partial charge in [0.15, 0.2) is 0 Å². The molecule has 1 heterocycles. The first kappa shape index (κ1) is 13.8. The monoisotopic (exact) mass is 265 g/mol. The number of carbonyl (C=O) groups excluding carboxylic acids is 1. The second kappa shape index (κ2) is 5.59. The molecule has 0 aromatic heterocycles. The Labute approximate surface area is 112 Å². The van der Waals surface area contributed by atoms with E-state index < -0.39 is 6.10 Å². The number of hydrogen-bond donors (Lipinski definition) is 3. The van der Waals surface area contributed by atoms with E-state index in [1.165, 1.54) is 0 Å². The van der Waals surface area contributed by atoms with Crippen molar-refractivity contribution in [3.63, 3.8) is 0 Å². The number of rotatable bonds is 4. The molecule has 104 valence electrons. The zero-order valence-electron chi connectivity index (χ0n) is 11.1. The molecule has 0 spiro atoms. The van der Waals surface area contributed by atoms with Crippen LogP contribution in [0.5, 0.6) is 5.75 Å². The molecule has 3 atom stereocenters. The van der Waals surface area contributed by atoms with Crippen molar-refractivity contribution in [1.29, 1.82) is 0 Å². The van der Waals surface area contributed by atoms with Gasteiger partial charge in [-0.2, -0.15) is 0 Å². The smallest absolute Gasteiger partial charge is 0.255 e. The van der Waals surface area contributed by atoms with Gasteiger partial charge in [-0.15, -0.1) is 0 Å². The van der Waals surface area contributed by atoms with Gasteiger partial charge in [-0.1, -0.05) is 19.1 Å². The number of ether oxygens (including phenoxy) is 1. The lowest BCUT2D eigenvalue weighted by Crippen LogP contribution is -2.34. The molecule has 5 nitrogen and oxygen atoms in total. The van der Waals surface area contributed by atoms with Gasteiger partial charge in [0.25, 0.3) is 5.91 Å². The van der Waals surface area contributed by atoms with Gasteiger partial charge in [-0.05, 0) is 13.0 Å². The molecular weight excluding hydrogens is 246 g/mol. The summed E-state index contributed by atoms with van der Waals surface area (Å²) in [5, 5.41) is 20.5.